The van der Waals surface area contributed by atoms with Crippen LogP contribution in [0.5, 0.6) is 0 Å². The lowest BCUT2D eigenvalue weighted by Gasteiger charge is -2.30. The Morgan fingerprint density at radius 1 is 1.19 bits per heavy atom. The fourth-order valence-electron chi connectivity index (χ4n) is 2.79. The summed E-state index contributed by atoms with van der Waals surface area (Å²) in [6.45, 7) is 2.04. The molecule has 0 aromatic heterocycles. The van der Waals surface area contributed by atoms with Crippen LogP contribution in [-0.4, -0.2) is 37.0 Å². The first-order chi connectivity index (χ1) is 7.29. The number of carbonyl (C=O) groups is 1. The zero-order chi connectivity index (χ0) is 10.7. The fraction of sp³-hybridized carbons (Fsp3) is 0.917. The Labute approximate surface area is 104 Å². The van der Waals surface area contributed by atoms with Gasteiger partial charge in [0.05, 0.1) is 0 Å². The predicted molar refractivity (Wildman–Crippen MR) is 67.9 cm³/mol. The Hall–Kier alpha value is -0.280. The van der Waals surface area contributed by atoms with Crippen LogP contribution in [0.15, 0.2) is 0 Å². The predicted octanol–water partition coefficient (Wildman–Crippen LogP) is 1.81. The number of halogens is 1. The molecule has 1 heterocycles. The van der Waals surface area contributed by atoms with Gasteiger partial charge in [0.1, 0.15) is 0 Å². The van der Waals surface area contributed by atoms with Crippen molar-refractivity contribution in [2.45, 2.75) is 44.6 Å². The molecule has 1 saturated heterocycles. The zero-order valence-electron chi connectivity index (χ0n) is 10.1. The zero-order valence-corrected chi connectivity index (χ0v) is 10.9. The first-order valence-electron chi connectivity index (χ1n) is 6.26. The lowest BCUT2D eigenvalue weighted by atomic mass is 9.88. The van der Waals surface area contributed by atoms with Gasteiger partial charge in [-0.2, -0.15) is 0 Å². The van der Waals surface area contributed by atoms with E-state index in [4.69, 9.17) is 0 Å². The van der Waals surface area contributed by atoms with Gasteiger partial charge < -0.3 is 10.2 Å². The number of likely N-dealkylation sites (N-methyl/N-ethyl adjacent to an activating group) is 1. The monoisotopic (exact) mass is 246 g/mol. The van der Waals surface area contributed by atoms with Gasteiger partial charge in [-0.15, -0.1) is 12.4 Å². The normalized spacial score (nSPS) is 26.2. The van der Waals surface area contributed by atoms with Crippen molar-refractivity contribution in [2.75, 3.05) is 20.1 Å². The van der Waals surface area contributed by atoms with E-state index in [1.165, 1.54) is 19.3 Å². The lowest BCUT2D eigenvalue weighted by Crippen LogP contribution is -2.42. The Kier molecular flexibility index (Phi) is 5.56. The number of nitrogens with one attached hydrogen (secondary N) is 1. The van der Waals surface area contributed by atoms with Crippen molar-refractivity contribution >= 4 is 18.3 Å². The van der Waals surface area contributed by atoms with Gasteiger partial charge in [-0.1, -0.05) is 19.3 Å². The Morgan fingerprint density at radius 3 is 2.44 bits per heavy atom. The third-order valence-corrected chi connectivity index (χ3v) is 3.88. The first-order valence-corrected chi connectivity index (χ1v) is 6.26. The van der Waals surface area contributed by atoms with Crippen molar-refractivity contribution in [1.82, 2.24) is 10.2 Å². The van der Waals surface area contributed by atoms with Gasteiger partial charge in [-0.25, -0.2) is 0 Å². The van der Waals surface area contributed by atoms with Crippen LogP contribution in [0.3, 0.4) is 0 Å². The SMILES string of the molecule is CN(C(=O)C1CCCCC1)[C@H]1CCNC1.Cl. The molecule has 1 atom stereocenters. The molecule has 16 heavy (non-hydrogen) atoms. The molecular weight excluding hydrogens is 224 g/mol. The quantitative estimate of drug-likeness (QED) is 0.806. The summed E-state index contributed by atoms with van der Waals surface area (Å²) < 4.78 is 0. The van der Waals surface area contributed by atoms with E-state index in [9.17, 15) is 4.79 Å². The minimum atomic E-state index is 0. The summed E-state index contributed by atoms with van der Waals surface area (Å²) in [6.07, 6.45) is 7.15. The summed E-state index contributed by atoms with van der Waals surface area (Å²) in [7, 11) is 1.98. The highest BCUT2D eigenvalue weighted by molar-refractivity contribution is 5.85. The summed E-state index contributed by atoms with van der Waals surface area (Å²) >= 11 is 0. The van der Waals surface area contributed by atoms with Crippen LogP contribution in [-0.2, 0) is 4.79 Å². The molecular formula is C12H23ClN2O. The van der Waals surface area contributed by atoms with Gasteiger partial charge in [-0.3, -0.25) is 4.79 Å². The van der Waals surface area contributed by atoms with Crippen LogP contribution in [0.4, 0.5) is 0 Å². The largest absolute Gasteiger partial charge is 0.341 e. The Bertz CT molecular complexity index is 223. The average molecular weight is 247 g/mol. The van der Waals surface area contributed by atoms with E-state index in [-0.39, 0.29) is 12.4 Å². The molecule has 2 rings (SSSR count). The van der Waals surface area contributed by atoms with Crippen molar-refractivity contribution in [2.24, 2.45) is 5.92 Å². The van der Waals surface area contributed by atoms with Crippen LogP contribution >= 0.6 is 12.4 Å². The fourth-order valence-corrected chi connectivity index (χ4v) is 2.79. The van der Waals surface area contributed by atoms with E-state index >= 15 is 0 Å². The van der Waals surface area contributed by atoms with Crippen molar-refractivity contribution in [3.05, 3.63) is 0 Å². The van der Waals surface area contributed by atoms with E-state index in [1.54, 1.807) is 0 Å². The number of carbonyl (C=O) groups excluding carboxylic acids is 1. The minimum absolute atomic E-state index is 0. The van der Waals surface area contributed by atoms with Crippen LogP contribution in [0, 0.1) is 5.92 Å². The molecule has 1 aliphatic carbocycles. The summed E-state index contributed by atoms with van der Waals surface area (Å²) in [4.78, 5) is 14.2. The topological polar surface area (TPSA) is 32.3 Å². The number of amides is 1. The average Bonchev–Trinajstić information content (AvgIpc) is 2.82. The van der Waals surface area contributed by atoms with Gasteiger partial charge in [-0.05, 0) is 25.8 Å². The summed E-state index contributed by atoms with van der Waals surface area (Å²) in [5.41, 5.74) is 0. The maximum absolute atomic E-state index is 12.2. The Morgan fingerprint density at radius 2 is 1.88 bits per heavy atom. The summed E-state index contributed by atoms with van der Waals surface area (Å²) in [5, 5.41) is 3.32. The highest BCUT2D eigenvalue weighted by atomic mass is 35.5. The molecule has 4 heteroatoms. The first kappa shape index (κ1) is 13.8. The molecule has 1 N–H and O–H groups in total. The number of nitrogens with zero attached hydrogens (tertiary/aromatic N) is 1. The standard InChI is InChI=1S/C12H22N2O.ClH/c1-14(11-7-8-13-9-11)12(15)10-5-3-2-4-6-10;/h10-11,13H,2-9H2,1H3;1H/t11-;/m0./s1. The third-order valence-electron chi connectivity index (χ3n) is 3.88. The molecule has 0 bridgehead atoms. The number of hydrogen-bond donors (Lipinski definition) is 1. The Balaban J connectivity index is 0.00000128. The molecule has 0 unspecified atom stereocenters. The van der Waals surface area contributed by atoms with Crippen LogP contribution in [0.1, 0.15) is 38.5 Å². The number of hydrogen-bond acceptors (Lipinski definition) is 2. The van der Waals surface area contributed by atoms with Gasteiger partial charge in [0.2, 0.25) is 5.91 Å². The van der Waals surface area contributed by atoms with Crippen molar-refractivity contribution < 1.29 is 4.79 Å². The smallest absolute Gasteiger partial charge is 0.225 e. The molecule has 0 radical (unpaired) electrons. The highest BCUT2D eigenvalue weighted by Gasteiger charge is 2.29. The summed E-state index contributed by atoms with van der Waals surface area (Å²) in [6, 6.07) is 0.444. The van der Waals surface area contributed by atoms with E-state index in [0.717, 1.165) is 32.4 Å². The molecule has 1 aliphatic heterocycles. The molecule has 0 aromatic rings. The van der Waals surface area contributed by atoms with Gasteiger partial charge in [0.15, 0.2) is 0 Å². The van der Waals surface area contributed by atoms with Crippen molar-refractivity contribution in [3.63, 3.8) is 0 Å². The molecule has 2 aliphatic rings. The minimum Gasteiger partial charge on any atom is -0.341 e. The maximum atomic E-state index is 12.2. The molecule has 0 aromatic carbocycles. The van der Waals surface area contributed by atoms with E-state index in [2.05, 4.69) is 5.32 Å². The third kappa shape index (κ3) is 3.11. The lowest BCUT2D eigenvalue weighted by molar-refractivity contribution is -0.137. The van der Waals surface area contributed by atoms with Gasteiger partial charge in [0, 0.05) is 25.6 Å². The van der Waals surface area contributed by atoms with Gasteiger partial charge in [0.25, 0.3) is 0 Å². The number of rotatable bonds is 2. The molecule has 1 saturated carbocycles. The van der Waals surface area contributed by atoms with Crippen LogP contribution in [0.2, 0.25) is 0 Å². The van der Waals surface area contributed by atoms with Gasteiger partial charge >= 0.3 is 0 Å². The molecule has 1 amide bonds. The van der Waals surface area contributed by atoms with E-state index in [0.29, 0.717) is 17.9 Å². The summed E-state index contributed by atoms with van der Waals surface area (Å²) in [5.74, 6) is 0.716. The van der Waals surface area contributed by atoms with Crippen molar-refractivity contribution in [1.29, 1.82) is 0 Å². The van der Waals surface area contributed by atoms with E-state index < -0.39 is 0 Å². The molecule has 94 valence electrons. The molecule has 2 fully saturated rings. The van der Waals surface area contributed by atoms with Crippen molar-refractivity contribution in [3.8, 4) is 0 Å². The van der Waals surface area contributed by atoms with E-state index in [1.807, 2.05) is 11.9 Å². The van der Waals surface area contributed by atoms with Crippen LogP contribution in [0.25, 0.3) is 0 Å². The second-order valence-electron chi connectivity index (χ2n) is 4.93. The second kappa shape index (κ2) is 6.45. The maximum Gasteiger partial charge on any atom is 0.225 e. The van der Waals surface area contributed by atoms with Crippen LogP contribution < -0.4 is 5.32 Å². The molecule has 3 nitrogen and oxygen atoms in total. The second-order valence-corrected chi connectivity index (χ2v) is 4.93. The molecule has 0 spiro atoms. The highest BCUT2D eigenvalue weighted by Crippen LogP contribution is 2.26.